The Bertz CT molecular complexity index is 762. The van der Waals surface area contributed by atoms with Crippen LogP contribution >= 0.6 is 24.0 Å². The number of rotatable bonds is 11. The summed E-state index contributed by atoms with van der Waals surface area (Å²) >= 11 is 0. The average Bonchev–Trinajstić information content (AvgIpc) is 2.63. The van der Waals surface area contributed by atoms with Crippen molar-refractivity contribution in [2.45, 2.75) is 52.8 Å². The molecule has 0 amide bonds. The quantitative estimate of drug-likeness (QED) is 0.189. The number of hydrogen-bond acceptors (Lipinski definition) is 5. The van der Waals surface area contributed by atoms with E-state index >= 15 is 0 Å². The first kappa shape index (κ1) is 28.9. The maximum Gasteiger partial charge on any atom is 0.191 e. The highest BCUT2D eigenvalue weighted by Gasteiger charge is 2.28. The van der Waals surface area contributed by atoms with E-state index in [1.54, 1.807) is 20.8 Å². The summed E-state index contributed by atoms with van der Waals surface area (Å²) in [4.78, 5) is 4.59. The molecule has 9 heteroatoms. The maximum absolute atomic E-state index is 12.3. The molecule has 0 aliphatic carbocycles. The second-order valence-electron chi connectivity index (χ2n) is 7.71. The van der Waals surface area contributed by atoms with E-state index in [4.69, 9.17) is 9.47 Å². The molecule has 2 N–H and O–H groups in total. The van der Waals surface area contributed by atoms with Gasteiger partial charge in [0, 0.05) is 25.3 Å². The van der Waals surface area contributed by atoms with Gasteiger partial charge in [-0.3, -0.25) is 0 Å². The van der Waals surface area contributed by atoms with Crippen molar-refractivity contribution in [1.29, 1.82) is 0 Å². The van der Waals surface area contributed by atoms with Gasteiger partial charge in [0.2, 0.25) is 0 Å². The Morgan fingerprint density at radius 3 is 2.43 bits per heavy atom. The van der Waals surface area contributed by atoms with Gasteiger partial charge in [-0.1, -0.05) is 12.1 Å². The first-order chi connectivity index (χ1) is 13.6. The number of guanidine groups is 1. The van der Waals surface area contributed by atoms with Crippen molar-refractivity contribution >= 4 is 39.8 Å². The van der Waals surface area contributed by atoms with Gasteiger partial charge in [-0.2, -0.15) is 0 Å². The second-order valence-corrected chi connectivity index (χ2v) is 10.6. The molecule has 0 aliphatic rings. The van der Waals surface area contributed by atoms with Crippen molar-refractivity contribution < 1.29 is 17.9 Å². The van der Waals surface area contributed by atoms with E-state index in [2.05, 4.69) is 15.6 Å². The van der Waals surface area contributed by atoms with E-state index < -0.39 is 14.6 Å². The molecule has 1 aromatic rings. The van der Waals surface area contributed by atoms with Crippen LogP contribution in [0.4, 0.5) is 0 Å². The molecular weight excluding hydrogens is 517 g/mol. The van der Waals surface area contributed by atoms with Crippen LogP contribution in [0.5, 0.6) is 5.75 Å². The number of aryl methyl sites for hydroxylation is 1. The van der Waals surface area contributed by atoms with Crippen LogP contribution in [-0.4, -0.2) is 57.8 Å². The minimum absolute atomic E-state index is 0. The van der Waals surface area contributed by atoms with E-state index in [0.29, 0.717) is 45.4 Å². The van der Waals surface area contributed by atoms with E-state index in [1.165, 1.54) is 0 Å². The van der Waals surface area contributed by atoms with Crippen LogP contribution in [0, 0.1) is 6.92 Å². The number of benzene rings is 1. The molecule has 0 aliphatic heterocycles. The molecule has 7 nitrogen and oxygen atoms in total. The van der Waals surface area contributed by atoms with Gasteiger partial charge >= 0.3 is 0 Å². The highest BCUT2D eigenvalue weighted by molar-refractivity contribution is 14.0. The molecule has 1 aromatic carbocycles. The zero-order valence-electron chi connectivity index (χ0n) is 19.1. The summed E-state index contributed by atoms with van der Waals surface area (Å²) in [6.07, 6.45) is 0. The van der Waals surface area contributed by atoms with Gasteiger partial charge in [-0.15, -0.1) is 24.0 Å². The fraction of sp³-hybridized carbons (Fsp3) is 0.667. The summed E-state index contributed by atoms with van der Waals surface area (Å²) in [5.74, 6) is 1.43. The average molecular weight is 556 g/mol. The van der Waals surface area contributed by atoms with Crippen molar-refractivity contribution in [3.8, 4) is 5.75 Å². The lowest BCUT2D eigenvalue weighted by atomic mass is 10.1. The molecule has 0 fully saturated rings. The Morgan fingerprint density at radius 1 is 1.13 bits per heavy atom. The topological polar surface area (TPSA) is 89.0 Å². The van der Waals surface area contributed by atoms with Gasteiger partial charge in [-0.25, -0.2) is 13.4 Å². The lowest BCUT2D eigenvalue weighted by Gasteiger charge is -2.20. The molecule has 0 spiro atoms. The third kappa shape index (κ3) is 10.3. The lowest BCUT2D eigenvalue weighted by Crippen LogP contribution is -2.41. The van der Waals surface area contributed by atoms with Crippen LogP contribution in [-0.2, 0) is 21.1 Å². The maximum atomic E-state index is 12.3. The van der Waals surface area contributed by atoms with Gasteiger partial charge in [-0.05, 0) is 53.2 Å². The van der Waals surface area contributed by atoms with Crippen molar-refractivity contribution in [2.24, 2.45) is 4.99 Å². The summed E-state index contributed by atoms with van der Waals surface area (Å²) in [6, 6.07) is 6.02. The molecule has 1 rings (SSSR count). The minimum atomic E-state index is -3.18. The summed E-state index contributed by atoms with van der Waals surface area (Å²) in [5.41, 5.74) is 2.08. The van der Waals surface area contributed by atoms with Crippen LogP contribution in [0.15, 0.2) is 23.2 Å². The predicted molar refractivity (Wildman–Crippen MR) is 135 cm³/mol. The number of nitrogens with one attached hydrogen (secondary N) is 2. The first-order valence-corrected chi connectivity index (χ1v) is 11.8. The molecule has 0 radical (unpaired) electrons. The lowest BCUT2D eigenvalue weighted by molar-refractivity contribution is 0.110. The molecule has 174 valence electrons. The fourth-order valence-corrected chi connectivity index (χ4v) is 3.38. The van der Waals surface area contributed by atoms with Crippen molar-refractivity contribution in [3.05, 3.63) is 29.3 Å². The van der Waals surface area contributed by atoms with Crippen LogP contribution in [0.3, 0.4) is 0 Å². The number of aliphatic imine (C=N–C) groups is 1. The molecule has 0 bridgehead atoms. The van der Waals surface area contributed by atoms with Crippen LogP contribution < -0.4 is 15.4 Å². The van der Waals surface area contributed by atoms with E-state index in [1.807, 2.05) is 39.0 Å². The zero-order chi connectivity index (χ0) is 21.9. The second kappa shape index (κ2) is 14.1. The standard InChI is InChI=1S/C21H37N3O4S.HI/c1-7-22-20(23-11-14-29(25,26)21(4,5)6)24-16-18-10-9-17(3)15-19(18)28-13-12-27-8-2;/h9-10,15H,7-8,11-14,16H2,1-6H3,(H2,22,23,24);1H. The van der Waals surface area contributed by atoms with Gasteiger partial charge < -0.3 is 20.1 Å². The third-order valence-corrected chi connectivity index (χ3v) is 6.87. The Labute approximate surface area is 199 Å². The molecule has 0 aromatic heterocycles. The Kier molecular flexibility index (Phi) is 13.6. The SMILES string of the molecule is CCNC(=NCc1ccc(C)cc1OCCOCC)NCCS(=O)(=O)C(C)(C)C.I. The van der Waals surface area contributed by atoms with Gasteiger partial charge in [0.1, 0.15) is 12.4 Å². The highest BCUT2D eigenvalue weighted by Crippen LogP contribution is 2.21. The van der Waals surface area contributed by atoms with Crippen LogP contribution in [0.2, 0.25) is 0 Å². The predicted octanol–water partition coefficient (Wildman–Crippen LogP) is 3.30. The van der Waals surface area contributed by atoms with Gasteiger partial charge in [0.05, 0.1) is 23.7 Å². The Hall–Kier alpha value is -1.07. The first-order valence-electron chi connectivity index (χ1n) is 10.1. The molecule has 30 heavy (non-hydrogen) atoms. The number of nitrogens with zero attached hydrogens (tertiary/aromatic N) is 1. The largest absolute Gasteiger partial charge is 0.491 e. The Balaban J connectivity index is 0.00000841. The van der Waals surface area contributed by atoms with Crippen LogP contribution in [0.25, 0.3) is 0 Å². The van der Waals surface area contributed by atoms with E-state index in [-0.39, 0.29) is 29.7 Å². The molecule has 0 saturated carbocycles. The third-order valence-electron chi connectivity index (χ3n) is 4.26. The number of ether oxygens (including phenoxy) is 2. The molecular formula is C21H38IN3O4S. The summed E-state index contributed by atoms with van der Waals surface area (Å²) in [7, 11) is -3.18. The van der Waals surface area contributed by atoms with Gasteiger partial charge in [0.25, 0.3) is 0 Å². The molecule has 0 atom stereocenters. The summed E-state index contributed by atoms with van der Waals surface area (Å²) in [5, 5.41) is 6.26. The minimum Gasteiger partial charge on any atom is -0.491 e. The van der Waals surface area contributed by atoms with Crippen LogP contribution in [0.1, 0.15) is 45.7 Å². The smallest absolute Gasteiger partial charge is 0.191 e. The highest BCUT2D eigenvalue weighted by atomic mass is 127. The summed E-state index contributed by atoms with van der Waals surface area (Å²) in [6.45, 7) is 14.2. The Morgan fingerprint density at radius 2 is 1.83 bits per heavy atom. The van der Waals surface area contributed by atoms with E-state index in [0.717, 1.165) is 16.9 Å². The monoisotopic (exact) mass is 555 g/mol. The van der Waals surface area contributed by atoms with Crippen molar-refractivity contribution in [1.82, 2.24) is 10.6 Å². The molecule has 0 unspecified atom stereocenters. The number of sulfone groups is 1. The van der Waals surface area contributed by atoms with Crippen molar-refractivity contribution in [3.63, 3.8) is 0 Å². The summed E-state index contributed by atoms with van der Waals surface area (Å²) < 4.78 is 35.0. The number of hydrogen-bond donors (Lipinski definition) is 2. The normalized spacial score (nSPS) is 12.3. The number of halogens is 1. The van der Waals surface area contributed by atoms with E-state index in [9.17, 15) is 8.42 Å². The molecule has 0 saturated heterocycles. The molecule has 0 heterocycles. The van der Waals surface area contributed by atoms with Gasteiger partial charge in [0.15, 0.2) is 15.8 Å². The van der Waals surface area contributed by atoms with Crippen molar-refractivity contribution in [2.75, 3.05) is 38.7 Å². The fourth-order valence-electron chi connectivity index (χ4n) is 2.40. The zero-order valence-corrected chi connectivity index (χ0v) is 22.2.